The SMILES string of the molecule is Cc1cccn(CC2(c3ccc(Cl)c(Cl)c3)NC(=O)NC2=O)c1=O. The van der Waals surface area contributed by atoms with Crippen molar-refractivity contribution in [2.45, 2.75) is 19.0 Å². The molecule has 1 aromatic heterocycles. The molecule has 3 amide bonds. The highest BCUT2D eigenvalue weighted by Crippen LogP contribution is 2.32. The lowest BCUT2D eigenvalue weighted by molar-refractivity contribution is -0.124. The van der Waals surface area contributed by atoms with Gasteiger partial charge in [0.1, 0.15) is 0 Å². The number of pyridine rings is 1. The van der Waals surface area contributed by atoms with Gasteiger partial charge >= 0.3 is 6.03 Å². The maximum absolute atomic E-state index is 12.5. The van der Waals surface area contributed by atoms with Crippen molar-refractivity contribution in [3.05, 3.63) is 68.1 Å². The van der Waals surface area contributed by atoms with E-state index in [0.717, 1.165) is 0 Å². The number of nitrogens with one attached hydrogen (secondary N) is 2. The topological polar surface area (TPSA) is 80.2 Å². The first-order valence-electron chi connectivity index (χ1n) is 7.09. The third-order valence-electron chi connectivity index (χ3n) is 3.97. The molecule has 1 saturated heterocycles. The molecule has 2 aromatic rings. The Morgan fingerprint density at radius 3 is 2.50 bits per heavy atom. The van der Waals surface area contributed by atoms with Gasteiger partial charge in [-0.25, -0.2) is 4.79 Å². The van der Waals surface area contributed by atoms with E-state index in [9.17, 15) is 14.4 Å². The molecule has 1 unspecified atom stereocenters. The summed E-state index contributed by atoms with van der Waals surface area (Å²) in [6.07, 6.45) is 1.56. The normalized spacial score (nSPS) is 20.0. The third kappa shape index (κ3) is 2.68. The van der Waals surface area contributed by atoms with Gasteiger partial charge in [-0.2, -0.15) is 0 Å². The van der Waals surface area contributed by atoms with Crippen molar-refractivity contribution in [3.63, 3.8) is 0 Å². The summed E-state index contributed by atoms with van der Waals surface area (Å²) in [6, 6.07) is 7.39. The van der Waals surface area contributed by atoms with Crippen LogP contribution in [0.1, 0.15) is 11.1 Å². The van der Waals surface area contributed by atoms with Gasteiger partial charge in [0, 0.05) is 11.8 Å². The molecule has 1 atom stereocenters. The van der Waals surface area contributed by atoms with Gasteiger partial charge in [-0.15, -0.1) is 0 Å². The fraction of sp³-hybridized carbons (Fsp3) is 0.188. The Morgan fingerprint density at radius 2 is 1.88 bits per heavy atom. The van der Waals surface area contributed by atoms with Crippen LogP contribution in [-0.4, -0.2) is 16.5 Å². The first-order valence-corrected chi connectivity index (χ1v) is 7.84. The summed E-state index contributed by atoms with van der Waals surface area (Å²) in [5.41, 5.74) is -0.714. The molecule has 1 aliphatic rings. The number of carbonyl (C=O) groups is 2. The zero-order chi connectivity index (χ0) is 17.5. The van der Waals surface area contributed by atoms with Crippen LogP contribution in [-0.2, 0) is 16.9 Å². The maximum atomic E-state index is 12.5. The predicted molar refractivity (Wildman–Crippen MR) is 90.3 cm³/mol. The van der Waals surface area contributed by atoms with Crippen LogP contribution in [0.4, 0.5) is 4.79 Å². The van der Waals surface area contributed by atoms with Crippen molar-refractivity contribution in [1.82, 2.24) is 15.2 Å². The second kappa shape index (κ2) is 5.96. The largest absolute Gasteiger partial charge is 0.322 e. The first kappa shape index (κ1) is 16.5. The number of benzene rings is 1. The molecule has 0 aliphatic carbocycles. The third-order valence-corrected chi connectivity index (χ3v) is 4.71. The summed E-state index contributed by atoms with van der Waals surface area (Å²) in [7, 11) is 0. The smallest absolute Gasteiger partial charge is 0.318 e. The minimum absolute atomic E-state index is 0.0664. The molecular weight excluding hydrogens is 353 g/mol. The van der Waals surface area contributed by atoms with Crippen LogP contribution in [0.3, 0.4) is 0 Å². The lowest BCUT2D eigenvalue weighted by Gasteiger charge is -2.27. The molecule has 24 heavy (non-hydrogen) atoms. The Morgan fingerprint density at radius 1 is 1.12 bits per heavy atom. The van der Waals surface area contributed by atoms with Gasteiger partial charge < -0.3 is 9.88 Å². The number of carbonyl (C=O) groups excluding carboxylic acids is 2. The van der Waals surface area contributed by atoms with E-state index in [1.165, 1.54) is 16.7 Å². The number of hydrogen-bond acceptors (Lipinski definition) is 3. The Balaban J connectivity index is 2.15. The number of nitrogens with zero attached hydrogens (tertiary/aromatic N) is 1. The molecule has 1 aliphatic heterocycles. The van der Waals surface area contributed by atoms with E-state index in [2.05, 4.69) is 10.6 Å². The number of aromatic nitrogens is 1. The van der Waals surface area contributed by atoms with Crippen LogP contribution < -0.4 is 16.2 Å². The van der Waals surface area contributed by atoms with Gasteiger partial charge in [-0.1, -0.05) is 35.3 Å². The van der Waals surface area contributed by atoms with Gasteiger partial charge in [0.2, 0.25) is 0 Å². The Hall–Kier alpha value is -2.31. The van der Waals surface area contributed by atoms with Crippen LogP contribution in [0, 0.1) is 6.92 Å². The van der Waals surface area contributed by atoms with Crippen LogP contribution in [0.15, 0.2) is 41.3 Å². The van der Waals surface area contributed by atoms with Gasteiger partial charge in [-0.05, 0) is 30.7 Å². The zero-order valence-corrected chi connectivity index (χ0v) is 14.1. The highest BCUT2D eigenvalue weighted by atomic mass is 35.5. The van der Waals surface area contributed by atoms with Crippen molar-refractivity contribution in [3.8, 4) is 0 Å². The number of hydrogen-bond donors (Lipinski definition) is 2. The maximum Gasteiger partial charge on any atom is 0.322 e. The number of imide groups is 1. The minimum Gasteiger partial charge on any atom is -0.318 e. The zero-order valence-electron chi connectivity index (χ0n) is 12.6. The average Bonchev–Trinajstić information content (AvgIpc) is 2.81. The molecule has 0 bridgehead atoms. The van der Waals surface area contributed by atoms with Gasteiger partial charge in [-0.3, -0.25) is 14.9 Å². The quantitative estimate of drug-likeness (QED) is 0.818. The summed E-state index contributed by atoms with van der Waals surface area (Å²) in [5.74, 6) is -0.556. The Kier molecular flexibility index (Phi) is 4.11. The fourth-order valence-electron chi connectivity index (χ4n) is 2.70. The molecule has 8 heteroatoms. The number of amides is 3. The van der Waals surface area contributed by atoms with Crippen molar-refractivity contribution in [2.75, 3.05) is 0 Å². The van der Waals surface area contributed by atoms with Crippen molar-refractivity contribution in [1.29, 1.82) is 0 Å². The summed E-state index contributed by atoms with van der Waals surface area (Å²) in [4.78, 5) is 36.6. The molecule has 6 nitrogen and oxygen atoms in total. The predicted octanol–water partition coefficient (Wildman–Crippen LogP) is 2.20. The second-order valence-electron chi connectivity index (χ2n) is 5.57. The molecule has 0 spiro atoms. The molecule has 1 fully saturated rings. The standard InChI is InChI=1S/C16H13Cl2N3O3/c1-9-3-2-6-21(13(9)22)8-16(14(23)19-15(24)20-16)10-4-5-11(17)12(18)7-10/h2-7H,8H2,1H3,(H2,19,20,23,24). The summed E-state index contributed by atoms with van der Waals surface area (Å²) in [6.45, 7) is 1.61. The van der Waals surface area contributed by atoms with Crippen LogP contribution in [0.2, 0.25) is 10.0 Å². The average molecular weight is 366 g/mol. The molecule has 0 saturated carbocycles. The van der Waals surface area contributed by atoms with Crippen molar-refractivity contribution >= 4 is 35.1 Å². The molecular formula is C16H13Cl2N3O3. The summed E-state index contributed by atoms with van der Waals surface area (Å²) < 4.78 is 1.38. The van der Waals surface area contributed by atoms with Crippen LogP contribution in [0.5, 0.6) is 0 Å². The van der Waals surface area contributed by atoms with E-state index in [0.29, 0.717) is 16.1 Å². The van der Waals surface area contributed by atoms with Crippen molar-refractivity contribution in [2.24, 2.45) is 0 Å². The number of rotatable bonds is 3. The molecule has 2 heterocycles. The van der Waals surface area contributed by atoms with E-state index < -0.39 is 17.5 Å². The molecule has 1 aromatic carbocycles. The Bertz CT molecular complexity index is 910. The van der Waals surface area contributed by atoms with Gasteiger partial charge in [0.15, 0.2) is 5.54 Å². The van der Waals surface area contributed by atoms with E-state index in [1.54, 1.807) is 31.3 Å². The molecule has 124 valence electrons. The van der Waals surface area contributed by atoms with E-state index in [-0.39, 0.29) is 17.1 Å². The number of aryl methyl sites for hydroxylation is 1. The molecule has 3 rings (SSSR count). The van der Waals surface area contributed by atoms with Crippen LogP contribution in [0.25, 0.3) is 0 Å². The second-order valence-corrected chi connectivity index (χ2v) is 6.38. The molecule has 0 radical (unpaired) electrons. The van der Waals surface area contributed by atoms with E-state index in [1.807, 2.05) is 0 Å². The van der Waals surface area contributed by atoms with E-state index in [4.69, 9.17) is 23.2 Å². The van der Waals surface area contributed by atoms with Crippen molar-refractivity contribution < 1.29 is 9.59 Å². The van der Waals surface area contributed by atoms with Crippen LogP contribution >= 0.6 is 23.2 Å². The summed E-state index contributed by atoms with van der Waals surface area (Å²) >= 11 is 12.0. The summed E-state index contributed by atoms with van der Waals surface area (Å²) in [5, 5.41) is 5.40. The Labute approximate surface area is 147 Å². The van der Waals surface area contributed by atoms with E-state index >= 15 is 0 Å². The highest BCUT2D eigenvalue weighted by Gasteiger charge is 2.48. The molecule has 2 N–H and O–H groups in total. The van der Waals surface area contributed by atoms with Gasteiger partial charge in [0.05, 0.1) is 16.6 Å². The lowest BCUT2D eigenvalue weighted by Crippen LogP contribution is -2.49. The number of urea groups is 1. The monoisotopic (exact) mass is 365 g/mol. The fourth-order valence-corrected chi connectivity index (χ4v) is 2.99. The first-order chi connectivity index (χ1) is 11.3. The highest BCUT2D eigenvalue weighted by molar-refractivity contribution is 6.42. The lowest BCUT2D eigenvalue weighted by atomic mass is 9.89. The van der Waals surface area contributed by atoms with Gasteiger partial charge in [0.25, 0.3) is 11.5 Å². The minimum atomic E-state index is -1.44. The number of halogens is 2.